The van der Waals surface area contributed by atoms with Crippen LogP contribution in [0.3, 0.4) is 0 Å². The number of benzene rings is 1. The first kappa shape index (κ1) is 13.7. The molecule has 2 rings (SSSR count). The fourth-order valence-electron chi connectivity index (χ4n) is 2.11. The third kappa shape index (κ3) is 2.37. The van der Waals surface area contributed by atoms with E-state index in [0.29, 0.717) is 13.0 Å². The van der Waals surface area contributed by atoms with Crippen LogP contribution in [0.25, 0.3) is 0 Å². The van der Waals surface area contributed by atoms with Crippen LogP contribution in [0.2, 0.25) is 0 Å². The third-order valence-electron chi connectivity index (χ3n) is 3.14. The van der Waals surface area contributed by atoms with E-state index in [9.17, 15) is 13.2 Å². The van der Waals surface area contributed by atoms with Crippen LogP contribution < -0.4 is 0 Å². The minimum absolute atomic E-state index is 0.247. The molecule has 0 aromatic heterocycles. The second-order valence-electron chi connectivity index (χ2n) is 4.37. The lowest BCUT2D eigenvalue weighted by atomic mass is 10.2. The quantitative estimate of drug-likeness (QED) is 0.797. The summed E-state index contributed by atoms with van der Waals surface area (Å²) in [6.45, 7) is 2.26. The minimum Gasteiger partial charge on any atom is -0.302 e. The van der Waals surface area contributed by atoms with Gasteiger partial charge in [0.05, 0.1) is 10.9 Å². The van der Waals surface area contributed by atoms with Crippen LogP contribution in [0.15, 0.2) is 27.6 Å². The summed E-state index contributed by atoms with van der Waals surface area (Å²) in [5.41, 5.74) is 0.859. The lowest BCUT2D eigenvalue weighted by Gasteiger charge is -2.20. The zero-order valence-electron chi connectivity index (χ0n) is 9.97. The maximum atomic E-state index is 12.4. The van der Waals surface area contributed by atoms with Crippen LogP contribution in [-0.2, 0) is 14.8 Å². The van der Waals surface area contributed by atoms with Gasteiger partial charge in [-0.3, -0.25) is 0 Å². The van der Waals surface area contributed by atoms with Gasteiger partial charge >= 0.3 is 0 Å². The van der Waals surface area contributed by atoms with Gasteiger partial charge in [-0.05, 0) is 43.5 Å². The van der Waals surface area contributed by atoms with E-state index in [2.05, 4.69) is 15.9 Å². The molecule has 0 unspecified atom stereocenters. The van der Waals surface area contributed by atoms with Crippen LogP contribution in [0.4, 0.5) is 0 Å². The number of aryl methyl sites for hydroxylation is 1. The molecule has 0 radical (unpaired) electrons. The van der Waals surface area contributed by atoms with Gasteiger partial charge in [0.2, 0.25) is 10.0 Å². The van der Waals surface area contributed by atoms with E-state index in [-0.39, 0.29) is 4.90 Å². The van der Waals surface area contributed by atoms with Gasteiger partial charge in [-0.15, -0.1) is 0 Å². The largest absolute Gasteiger partial charge is 0.302 e. The van der Waals surface area contributed by atoms with E-state index in [4.69, 9.17) is 0 Å². The van der Waals surface area contributed by atoms with Crippen molar-refractivity contribution in [2.45, 2.75) is 30.7 Å². The van der Waals surface area contributed by atoms with Crippen molar-refractivity contribution < 1.29 is 13.2 Å². The molecule has 1 aliphatic rings. The molecule has 18 heavy (non-hydrogen) atoms. The summed E-state index contributed by atoms with van der Waals surface area (Å²) in [4.78, 5) is 11.2. The fraction of sp³-hybridized carbons (Fsp3) is 0.417. The number of hydrogen-bond donors (Lipinski definition) is 0. The van der Waals surface area contributed by atoms with Crippen molar-refractivity contribution in [3.8, 4) is 0 Å². The topological polar surface area (TPSA) is 54.5 Å². The number of rotatable bonds is 3. The Morgan fingerprint density at radius 2 is 2.17 bits per heavy atom. The number of carbonyl (C=O) groups is 1. The summed E-state index contributed by atoms with van der Waals surface area (Å²) >= 11 is 3.34. The van der Waals surface area contributed by atoms with Crippen molar-refractivity contribution in [1.82, 2.24) is 4.31 Å². The van der Waals surface area contributed by atoms with Crippen molar-refractivity contribution in [3.63, 3.8) is 0 Å². The Morgan fingerprint density at radius 3 is 2.78 bits per heavy atom. The first-order chi connectivity index (χ1) is 8.46. The van der Waals surface area contributed by atoms with Crippen molar-refractivity contribution in [1.29, 1.82) is 0 Å². The summed E-state index contributed by atoms with van der Waals surface area (Å²) in [7, 11) is -3.56. The van der Waals surface area contributed by atoms with Crippen molar-refractivity contribution in [3.05, 3.63) is 28.2 Å². The predicted octanol–water partition coefficient (Wildman–Crippen LogP) is 2.11. The van der Waals surface area contributed by atoms with Gasteiger partial charge in [0.25, 0.3) is 0 Å². The molecule has 4 nitrogen and oxygen atoms in total. The zero-order valence-corrected chi connectivity index (χ0v) is 12.4. The first-order valence-electron chi connectivity index (χ1n) is 5.70. The monoisotopic (exact) mass is 331 g/mol. The zero-order chi connectivity index (χ0) is 13.3. The van der Waals surface area contributed by atoms with Gasteiger partial charge in [-0.2, -0.15) is 4.31 Å². The van der Waals surface area contributed by atoms with Crippen molar-refractivity contribution in [2.75, 3.05) is 6.54 Å². The van der Waals surface area contributed by atoms with Crippen LogP contribution in [0, 0.1) is 6.92 Å². The van der Waals surface area contributed by atoms with E-state index in [1.165, 1.54) is 4.31 Å². The molecule has 1 saturated heterocycles. The predicted molar refractivity (Wildman–Crippen MR) is 71.9 cm³/mol. The average molecular weight is 332 g/mol. The second kappa shape index (κ2) is 5.11. The molecular weight excluding hydrogens is 318 g/mol. The molecule has 0 saturated carbocycles. The van der Waals surface area contributed by atoms with E-state index < -0.39 is 16.1 Å². The fourth-order valence-corrected chi connectivity index (χ4v) is 4.08. The maximum Gasteiger partial charge on any atom is 0.243 e. The Labute approximate surface area is 115 Å². The van der Waals surface area contributed by atoms with E-state index in [0.717, 1.165) is 22.7 Å². The Hall–Kier alpha value is -0.720. The third-order valence-corrected chi connectivity index (χ3v) is 5.95. The number of carbonyl (C=O) groups excluding carboxylic acids is 1. The van der Waals surface area contributed by atoms with Gasteiger partial charge in [0.1, 0.15) is 6.29 Å². The SMILES string of the molecule is Cc1cc(S(=O)(=O)N2CCC[C@H]2C=O)ccc1Br. The summed E-state index contributed by atoms with van der Waals surface area (Å²) in [5.74, 6) is 0. The summed E-state index contributed by atoms with van der Waals surface area (Å²) in [6.07, 6.45) is 2.06. The summed E-state index contributed by atoms with van der Waals surface area (Å²) < 4.78 is 27.0. The van der Waals surface area contributed by atoms with E-state index in [1.807, 2.05) is 6.92 Å². The lowest BCUT2D eigenvalue weighted by Crippen LogP contribution is -2.36. The van der Waals surface area contributed by atoms with Gasteiger partial charge in [0.15, 0.2) is 0 Å². The average Bonchev–Trinajstić information content (AvgIpc) is 2.81. The molecular formula is C12H14BrNO3S. The van der Waals surface area contributed by atoms with Crippen LogP contribution in [0.1, 0.15) is 18.4 Å². The number of aldehydes is 1. The Morgan fingerprint density at radius 1 is 1.44 bits per heavy atom. The second-order valence-corrected chi connectivity index (χ2v) is 7.12. The maximum absolute atomic E-state index is 12.4. The molecule has 1 heterocycles. The van der Waals surface area contributed by atoms with Crippen LogP contribution in [-0.4, -0.2) is 31.6 Å². The molecule has 0 aliphatic carbocycles. The van der Waals surface area contributed by atoms with E-state index >= 15 is 0 Å². The first-order valence-corrected chi connectivity index (χ1v) is 7.93. The highest BCUT2D eigenvalue weighted by Gasteiger charge is 2.35. The van der Waals surface area contributed by atoms with Crippen LogP contribution in [0.5, 0.6) is 0 Å². The van der Waals surface area contributed by atoms with Crippen molar-refractivity contribution >= 4 is 32.2 Å². The standard InChI is InChI=1S/C12H14BrNO3S/c1-9-7-11(4-5-12(9)13)18(16,17)14-6-2-3-10(14)8-15/h4-5,7-8,10H,2-3,6H2,1H3/t10-/m0/s1. The molecule has 0 bridgehead atoms. The smallest absolute Gasteiger partial charge is 0.243 e. The normalized spacial score (nSPS) is 21.1. The number of sulfonamides is 1. The van der Waals surface area contributed by atoms with Gasteiger partial charge < -0.3 is 4.79 Å². The minimum atomic E-state index is -3.56. The lowest BCUT2D eigenvalue weighted by molar-refractivity contribution is -0.110. The summed E-state index contributed by atoms with van der Waals surface area (Å²) in [5, 5.41) is 0. The molecule has 1 atom stereocenters. The molecule has 1 aromatic carbocycles. The molecule has 0 N–H and O–H groups in total. The highest BCUT2D eigenvalue weighted by atomic mass is 79.9. The number of nitrogens with zero attached hydrogens (tertiary/aromatic N) is 1. The highest BCUT2D eigenvalue weighted by molar-refractivity contribution is 9.10. The number of halogens is 1. The van der Waals surface area contributed by atoms with E-state index in [1.54, 1.807) is 18.2 Å². The molecule has 0 amide bonds. The van der Waals surface area contributed by atoms with Gasteiger partial charge in [0, 0.05) is 11.0 Å². The summed E-state index contributed by atoms with van der Waals surface area (Å²) in [6, 6.07) is 4.39. The molecule has 98 valence electrons. The number of hydrogen-bond acceptors (Lipinski definition) is 3. The molecule has 1 fully saturated rings. The van der Waals surface area contributed by atoms with Gasteiger partial charge in [-0.1, -0.05) is 15.9 Å². The molecule has 1 aliphatic heterocycles. The molecule has 0 spiro atoms. The van der Waals surface area contributed by atoms with Crippen molar-refractivity contribution in [2.24, 2.45) is 0 Å². The molecule has 1 aromatic rings. The Kier molecular flexibility index (Phi) is 3.89. The van der Waals surface area contributed by atoms with Crippen LogP contribution >= 0.6 is 15.9 Å². The van der Waals surface area contributed by atoms with Gasteiger partial charge in [-0.25, -0.2) is 8.42 Å². The Bertz CT molecular complexity index is 571. The highest BCUT2D eigenvalue weighted by Crippen LogP contribution is 2.27. The molecule has 6 heteroatoms. The Balaban J connectivity index is 2.41.